The van der Waals surface area contributed by atoms with Crippen molar-refractivity contribution in [2.75, 3.05) is 0 Å². The first-order valence-electron chi connectivity index (χ1n) is 6.76. The molecule has 0 aliphatic heterocycles. The first-order chi connectivity index (χ1) is 9.16. The molecule has 0 bridgehead atoms. The third-order valence-corrected chi connectivity index (χ3v) is 3.61. The lowest BCUT2D eigenvalue weighted by Crippen LogP contribution is -2.17. The van der Waals surface area contributed by atoms with Crippen LogP contribution >= 0.6 is 0 Å². The normalized spacial score (nSPS) is 19.8. The van der Waals surface area contributed by atoms with Crippen LogP contribution in [0, 0.1) is 5.92 Å². The molecule has 19 heavy (non-hydrogen) atoms. The highest BCUT2D eigenvalue weighted by Gasteiger charge is 2.20. The minimum atomic E-state index is -0.414. The zero-order valence-corrected chi connectivity index (χ0v) is 11.0. The lowest BCUT2D eigenvalue weighted by Gasteiger charge is -2.18. The van der Waals surface area contributed by atoms with Gasteiger partial charge in [-0.1, -0.05) is 30.7 Å². The largest absolute Gasteiger partial charge is 0.366 e. The molecule has 3 nitrogen and oxygen atoms in total. The van der Waals surface area contributed by atoms with Crippen LogP contribution in [0.25, 0.3) is 6.08 Å². The highest BCUT2D eigenvalue weighted by Crippen LogP contribution is 2.24. The van der Waals surface area contributed by atoms with Gasteiger partial charge in [0.15, 0.2) is 0 Å². The molecule has 1 aromatic carbocycles. The van der Waals surface area contributed by atoms with Crippen LogP contribution in [-0.4, -0.2) is 11.7 Å². The predicted molar refractivity (Wildman–Crippen MR) is 75.6 cm³/mol. The van der Waals surface area contributed by atoms with Crippen molar-refractivity contribution in [1.82, 2.24) is 0 Å². The monoisotopic (exact) mass is 257 g/mol. The van der Waals surface area contributed by atoms with E-state index in [1.165, 1.54) is 0 Å². The summed E-state index contributed by atoms with van der Waals surface area (Å²) in [6.45, 7) is 0. The molecule has 0 heterocycles. The molecule has 1 fully saturated rings. The second kappa shape index (κ2) is 6.32. The maximum atomic E-state index is 11.7. The van der Waals surface area contributed by atoms with Gasteiger partial charge in [0, 0.05) is 17.9 Å². The number of hydrogen-bond acceptors (Lipinski definition) is 2. The van der Waals surface area contributed by atoms with Crippen LogP contribution < -0.4 is 5.73 Å². The van der Waals surface area contributed by atoms with E-state index in [0.717, 1.165) is 37.7 Å². The summed E-state index contributed by atoms with van der Waals surface area (Å²) >= 11 is 0. The number of ketones is 1. The topological polar surface area (TPSA) is 60.2 Å². The fourth-order valence-corrected chi connectivity index (χ4v) is 2.43. The number of benzene rings is 1. The summed E-state index contributed by atoms with van der Waals surface area (Å²) in [5.74, 6) is 0.193. The van der Waals surface area contributed by atoms with Gasteiger partial charge in [-0.05, 0) is 37.0 Å². The molecule has 0 unspecified atom stereocenters. The third kappa shape index (κ3) is 3.78. The molecule has 3 heteroatoms. The van der Waals surface area contributed by atoms with E-state index in [4.69, 9.17) is 5.73 Å². The van der Waals surface area contributed by atoms with E-state index in [0.29, 0.717) is 11.3 Å². The molecule has 1 aliphatic rings. The first kappa shape index (κ1) is 13.5. The van der Waals surface area contributed by atoms with Crippen molar-refractivity contribution < 1.29 is 9.59 Å². The van der Waals surface area contributed by atoms with Gasteiger partial charge in [0.05, 0.1) is 0 Å². The van der Waals surface area contributed by atoms with Crippen molar-refractivity contribution in [2.24, 2.45) is 11.7 Å². The van der Waals surface area contributed by atoms with Gasteiger partial charge in [0.25, 0.3) is 0 Å². The fourth-order valence-electron chi connectivity index (χ4n) is 2.43. The molecule has 1 saturated carbocycles. The lowest BCUT2D eigenvalue weighted by molar-refractivity contribution is -0.124. The summed E-state index contributed by atoms with van der Waals surface area (Å²) in [5, 5.41) is 0. The van der Waals surface area contributed by atoms with Crippen LogP contribution in [0.15, 0.2) is 30.3 Å². The minimum absolute atomic E-state index is 0.204. The van der Waals surface area contributed by atoms with Gasteiger partial charge in [-0.2, -0.15) is 0 Å². The Morgan fingerprint density at radius 2 is 2.00 bits per heavy atom. The van der Waals surface area contributed by atoms with Crippen molar-refractivity contribution >= 4 is 17.8 Å². The highest BCUT2D eigenvalue weighted by atomic mass is 16.1. The lowest BCUT2D eigenvalue weighted by atomic mass is 9.85. The summed E-state index contributed by atoms with van der Waals surface area (Å²) in [7, 11) is 0. The maximum Gasteiger partial charge on any atom is 0.248 e. The van der Waals surface area contributed by atoms with E-state index in [-0.39, 0.29) is 5.92 Å². The van der Waals surface area contributed by atoms with Crippen LogP contribution in [0.4, 0.5) is 0 Å². The number of carbonyl (C=O) groups is 2. The third-order valence-electron chi connectivity index (χ3n) is 3.61. The van der Waals surface area contributed by atoms with E-state index in [9.17, 15) is 9.59 Å². The SMILES string of the molecule is NC(=O)c1ccc(/C=C/C[C@H]2CCCCC2=O)cc1. The van der Waals surface area contributed by atoms with Crippen LogP contribution in [0.1, 0.15) is 48.0 Å². The average molecular weight is 257 g/mol. The Labute approximate surface area is 113 Å². The summed E-state index contributed by atoms with van der Waals surface area (Å²) in [4.78, 5) is 22.6. The number of nitrogens with two attached hydrogens (primary N) is 1. The van der Waals surface area contributed by atoms with Crippen molar-refractivity contribution in [1.29, 1.82) is 0 Å². The van der Waals surface area contributed by atoms with Gasteiger partial charge >= 0.3 is 0 Å². The number of carbonyl (C=O) groups excluding carboxylic acids is 2. The molecular weight excluding hydrogens is 238 g/mol. The van der Waals surface area contributed by atoms with Crippen molar-refractivity contribution in [2.45, 2.75) is 32.1 Å². The Hall–Kier alpha value is -1.90. The molecule has 100 valence electrons. The van der Waals surface area contributed by atoms with E-state index >= 15 is 0 Å². The second-order valence-electron chi connectivity index (χ2n) is 5.03. The molecule has 1 atom stereocenters. The number of amides is 1. The first-order valence-corrected chi connectivity index (χ1v) is 6.76. The number of rotatable bonds is 4. The number of allylic oxidation sites excluding steroid dienone is 1. The van der Waals surface area contributed by atoms with E-state index in [2.05, 4.69) is 0 Å². The van der Waals surface area contributed by atoms with Crippen molar-refractivity contribution in [3.63, 3.8) is 0 Å². The Kier molecular flexibility index (Phi) is 4.50. The van der Waals surface area contributed by atoms with Crippen LogP contribution in [0.5, 0.6) is 0 Å². The number of hydrogen-bond donors (Lipinski definition) is 1. The fraction of sp³-hybridized carbons (Fsp3) is 0.375. The molecule has 2 rings (SSSR count). The molecule has 1 amide bonds. The van der Waals surface area contributed by atoms with Crippen LogP contribution in [0.2, 0.25) is 0 Å². The van der Waals surface area contributed by atoms with Crippen LogP contribution in [0.3, 0.4) is 0 Å². The van der Waals surface area contributed by atoms with Gasteiger partial charge in [-0.15, -0.1) is 0 Å². The Bertz CT molecular complexity index is 488. The minimum Gasteiger partial charge on any atom is -0.366 e. The highest BCUT2D eigenvalue weighted by molar-refractivity contribution is 5.92. The molecule has 1 aromatic rings. The zero-order valence-electron chi connectivity index (χ0n) is 11.0. The van der Waals surface area contributed by atoms with Gasteiger partial charge in [0.1, 0.15) is 5.78 Å². The standard InChI is InChI=1S/C16H19NO2/c17-16(19)14-10-8-12(9-11-14)4-3-6-13-5-1-2-7-15(13)18/h3-4,8-11,13H,1-2,5-7H2,(H2,17,19)/b4-3+/t13-/m1/s1. The van der Waals surface area contributed by atoms with E-state index < -0.39 is 5.91 Å². The van der Waals surface area contributed by atoms with Gasteiger partial charge in [-0.3, -0.25) is 9.59 Å². The Morgan fingerprint density at radius 3 is 2.63 bits per heavy atom. The van der Waals surface area contributed by atoms with Crippen LogP contribution in [-0.2, 0) is 4.79 Å². The second-order valence-corrected chi connectivity index (χ2v) is 5.03. The smallest absolute Gasteiger partial charge is 0.248 e. The van der Waals surface area contributed by atoms with E-state index in [1.54, 1.807) is 12.1 Å². The maximum absolute atomic E-state index is 11.7. The average Bonchev–Trinajstić information content (AvgIpc) is 2.41. The zero-order chi connectivity index (χ0) is 13.7. The van der Waals surface area contributed by atoms with Gasteiger partial charge < -0.3 is 5.73 Å². The molecule has 2 N–H and O–H groups in total. The molecule has 0 saturated heterocycles. The van der Waals surface area contributed by atoms with E-state index in [1.807, 2.05) is 24.3 Å². The molecule has 0 spiro atoms. The summed E-state index contributed by atoms with van der Waals surface area (Å²) in [6, 6.07) is 7.15. The summed E-state index contributed by atoms with van der Waals surface area (Å²) in [5.41, 5.74) is 6.72. The van der Waals surface area contributed by atoms with Gasteiger partial charge in [0.2, 0.25) is 5.91 Å². The van der Waals surface area contributed by atoms with Crippen molar-refractivity contribution in [3.8, 4) is 0 Å². The summed E-state index contributed by atoms with van der Waals surface area (Å²) < 4.78 is 0. The Morgan fingerprint density at radius 1 is 1.26 bits per heavy atom. The Balaban J connectivity index is 1.91. The molecule has 0 aromatic heterocycles. The predicted octanol–water partition coefficient (Wildman–Crippen LogP) is 2.95. The quantitative estimate of drug-likeness (QED) is 0.901. The molecule has 1 aliphatic carbocycles. The number of primary amides is 1. The number of Topliss-reactive ketones (excluding diaryl/α,β-unsaturated/α-hetero) is 1. The molecular formula is C16H19NO2. The summed E-state index contributed by atoms with van der Waals surface area (Å²) in [6.07, 6.45) is 8.83. The van der Waals surface area contributed by atoms with Crippen molar-refractivity contribution in [3.05, 3.63) is 41.5 Å². The van der Waals surface area contributed by atoms with Gasteiger partial charge in [-0.25, -0.2) is 0 Å². The molecule has 0 radical (unpaired) electrons.